The van der Waals surface area contributed by atoms with E-state index in [4.69, 9.17) is 12.2 Å². The molecule has 13 heteroatoms. The van der Waals surface area contributed by atoms with Gasteiger partial charge in [0.1, 0.15) is 10.8 Å². The molecule has 1 aliphatic rings. The molecule has 34 heavy (non-hydrogen) atoms. The molecule has 0 atom stereocenters. The summed E-state index contributed by atoms with van der Waals surface area (Å²) >= 11 is 8.56. The zero-order chi connectivity index (χ0) is 24.1. The molecule has 0 aliphatic carbocycles. The average Bonchev–Trinajstić information content (AvgIpc) is 3.31. The summed E-state index contributed by atoms with van der Waals surface area (Å²) in [5, 5.41) is 13.8. The molecule has 1 aromatic carbocycles. The summed E-state index contributed by atoms with van der Waals surface area (Å²) in [6.07, 6.45) is -2.64. The Morgan fingerprint density at radius 3 is 2.41 bits per heavy atom. The normalized spacial score (nSPS) is 14.2. The number of aromatic nitrogens is 3. The van der Waals surface area contributed by atoms with Gasteiger partial charge in [0.15, 0.2) is 5.11 Å². The van der Waals surface area contributed by atoms with Crippen molar-refractivity contribution in [3.05, 3.63) is 53.2 Å². The second kappa shape index (κ2) is 10.7. The van der Waals surface area contributed by atoms with Gasteiger partial charge in [-0.1, -0.05) is 18.3 Å². The van der Waals surface area contributed by atoms with Crippen LogP contribution in [0, 0.1) is 0 Å². The van der Waals surface area contributed by atoms with Gasteiger partial charge in [-0.2, -0.15) is 13.2 Å². The lowest BCUT2D eigenvalue weighted by molar-refractivity contribution is -0.137. The first kappa shape index (κ1) is 24.5. The molecule has 7 nitrogen and oxygen atoms in total. The van der Waals surface area contributed by atoms with E-state index in [2.05, 4.69) is 25.2 Å². The first-order valence-electron chi connectivity index (χ1n) is 10.5. The maximum absolute atomic E-state index is 12.7. The smallest absolute Gasteiger partial charge is 0.353 e. The van der Waals surface area contributed by atoms with E-state index in [0.717, 1.165) is 39.4 Å². The van der Waals surface area contributed by atoms with Gasteiger partial charge in [0.25, 0.3) is 0 Å². The van der Waals surface area contributed by atoms with Crippen LogP contribution in [0.4, 0.5) is 29.8 Å². The Balaban J connectivity index is 1.24. The van der Waals surface area contributed by atoms with Gasteiger partial charge in [0.2, 0.25) is 5.13 Å². The molecule has 0 amide bonds. The molecule has 2 aromatic heterocycles. The van der Waals surface area contributed by atoms with E-state index in [1.165, 1.54) is 29.4 Å². The van der Waals surface area contributed by atoms with Gasteiger partial charge in [-0.3, -0.25) is 0 Å². The summed E-state index contributed by atoms with van der Waals surface area (Å²) in [6, 6.07) is 10.4. The minimum atomic E-state index is -4.38. The SMILES string of the molecule is CCc1nnc(NSc2ccc(NC(=S)N3CCN(c4ccc(C(F)(F)F)cn4)CC3)cc2)s1. The fourth-order valence-corrected chi connectivity index (χ4v) is 4.87. The minimum absolute atomic E-state index is 0.535. The number of alkyl halides is 3. The number of pyridine rings is 1. The number of thiocarbonyl (C=S) groups is 1. The average molecular weight is 526 g/mol. The van der Waals surface area contributed by atoms with Crippen LogP contribution < -0.4 is 14.9 Å². The van der Waals surface area contributed by atoms with Crippen molar-refractivity contribution in [2.24, 2.45) is 0 Å². The van der Waals surface area contributed by atoms with Crippen molar-refractivity contribution in [1.29, 1.82) is 0 Å². The molecule has 2 N–H and O–H groups in total. The van der Waals surface area contributed by atoms with E-state index in [0.29, 0.717) is 37.1 Å². The van der Waals surface area contributed by atoms with Gasteiger partial charge < -0.3 is 19.8 Å². The Hall–Kier alpha value is -2.64. The van der Waals surface area contributed by atoms with Crippen molar-refractivity contribution in [3.8, 4) is 0 Å². The quantitative estimate of drug-likeness (QED) is 0.336. The van der Waals surface area contributed by atoms with Crippen molar-refractivity contribution < 1.29 is 13.2 Å². The zero-order valence-corrected chi connectivity index (χ0v) is 20.6. The van der Waals surface area contributed by atoms with Crippen molar-refractivity contribution in [3.63, 3.8) is 0 Å². The van der Waals surface area contributed by atoms with E-state index in [1.807, 2.05) is 41.0 Å². The summed E-state index contributed by atoms with van der Waals surface area (Å²) in [7, 11) is 0. The molecule has 1 saturated heterocycles. The minimum Gasteiger partial charge on any atom is -0.353 e. The molecule has 0 radical (unpaired) electrons. The van der Waals surface area contributed by atoms with Gasteiger partial charge in [0.05, 0.1) is 5.56 Å². The van der Waals surface area contributed by atoms with Crippen LogP contribution in [0.15, 0.2) is 47.5 Å². The molecule has 3 aromatic rings. The predicted octanol–water partition coefficient (Wildman–Crippen LogP) is 5.15. The Kier molecular flexibility index (Phi) is 7.73. The van der Waals surface area contributed by atoms with E-state index in [1.54, 1.807) is 0 Å². The third-order valence-corrected chi connectivity index (χ3v) is 7.37. The van der Waals surface area contributed by atoms with Gasteiger partial charge in [0, 0.05) is 43.0 Å². The molecule has 1 fully saturated rings. The molecule has 4 rings (SSSR count). The Bertz CT molecular complexity index is 1100. The highest BCUT2D eigenvalue weighted by atomic mass is 32.2. The molecule has 3 heterocycles. The summed E-state index contributed by atoms with van der Waals surface area (Å²) < 4.78 is 41.4. The van der Waals surface area contributed by atoms with E-state index >= 15 is 0 Å². The third kappa shape index (κ3) is 6.27. The lowest BCUT2D eigenvalue weighted by Gasteiger charge is -2.36. The zero-order valence-electron chi connectivity index (χ0n) is 18.2. The first-order chi connectivity index (χ1) is 16.3. The fourth-order valence-electron chi connectivity index (χ4n) is 3.23. The number of hydrogen-bond donors (Lipinski definition) is 2. The number of nitrogens with one attached hydrogen (secondary N) is 2. The highest BCUT2D eigenvalue weighted by molar-refractivity contribution is 8.00. The Morgan fingerprint density at radius 2 is 1.82 bits per heavy atom. The van der Waals surface area contributed by atoms with E-state index < -0.39 is 11.7 Å². The van der Waals surface area contributed by atoms with Gasteiger partial charge in [-0.15, -0.1) is 10.2 Å². The number of anilines is 3. The standard InChI is InChI=1S/C21H22F3N7S3/c1-2-18-27-28-19(33-18)29-34-16-6-4-15(5-7-16)26-20(32)31-11-9-30(10-12-31)17-8-3-14(13-25-17)21(22,23)24/h3-8,13H,2,9-12H2,1H3,(H,26,32)(H,28,29). The molecule has 180 valence electrons. The lowest BCUT2D eigenvalue weighted by Crippen LogP contribution is -2.50. The Labute approximate surface area is 208 Å². The van der Waals surface area contributed by atoms with Crippen LogP contribution in [0.5, 0.6) is 0 Å². The van der Waals surface area contributed by atoms with E-state index in [9.17, 15) is 13.2 Å². The largest absolute Gasteiger partial charge is 0.417 e. The van der Waals surface area contributed by atoms with Crippen molar-refractivity contribution >= 4 is 57.3 Å². The molecular weight excluding hydrogens is 503 g/mol. The van der Waals surface area contributed by atoms with Gasteiger partial charge in [-0.05, 0) is 67.0 Å². The van der Waals surface area contributed by atoms with Crippen LogP contribution in [-0.2, 0) is 12.6 Å². The maximum atomic E-state index is 12.7. The van der Waals surface area contributed by atoms with Crippen LogP contribution in [0.1, 0.15) is 17.5 Å². The lowest BCUT2D eigenvalue weighted by atomic mass is 10.2. The molecule has 0 spiro atoms. The second-order valence-corrected chi connectivity index (χ2v) is 9.72. The highest BCUT2D eigenvalue weighted by Gasteiger charge is 2.31. The van der Waals surface area contributed by atoms with E-state index in [-0.39, 0.29) is 0 Å². The molecule has 0 saturated carbocycles. The Morgan fingerprint density at radius 1 is 1.09 bits per heavy atom. The molecule has 0 unspecified atom stereocenters. The van der Waals surface area contributed by atoms with Gasteiger partial charge >= 0.3 is 6.18 Å². The van der Waals surface area contributed by atoms with Crippen molar-refractivity contribution in [2.45, 2.75) is 24.4 Å². The number of halogens is 3. The molecule has 0 bridgehead atoms. The molecular formula is C21H22F3N7S3. The predicted molar refractivity (Wildman–Crippen MR) is 134 cm³/mol. The number of rotatable bonds is 6. The monoisotopic (exact) mass is 525 g/mol. The van der Waals surface area contributed by atoms with Crippen LogP contribution >= 0.6 is 35.5 Å². The summed E-state index contributed by atoms with van der Waals surface area (Å²) in [5.74, 6) is 0.535. The van der Waals surface area contributed by atoms with Crippen LogP contribution in [0.25, 0.3) is 0 Å². The summed E-state index contributed by atoms with van der Waals surface area (Å²) in [6.45, 7) is 4.57. The van der Waals surface area contributed by atoms with Crippen LogP contribution in [0.2, 0.25) is 0 Å². The fraction of sp³-hybridized carbons (Fsp3) is 0.333. The molecule has 1 aliphatic heterocycles. The van der Waals surface area contributed by atoms with Crippen LogP contribution in [-0.4, -0.2) is 51.4 Å². The van der Waals surface area contributed by atoms with Crippen molar-refractivity contribution in [1.82, 2.24) is 20.1 Å². The number of aryl methyl sites for hydroxylation is 1. The number of hydrogen-bond acceptors (Lipinski definition) is 8. The number of nitrogens with zero attached hydrogens (tertiary/aromatic N) is 5. The number of benzene rings is 1. The third-order valence-electron chi connectivity index (χ3n) is 5.10. The second-order valence-electron chi connectivity index (χ2n) is 7.39. The van der Waals surface area contributed by atoms with Crippen molar-refractivity contribution in [2.75, 3.05) is 41.1 Å². The summed E-state index contributed by atoms with van der Waals surface area (Å²) in [4.78, 5) is 9.01. The van der Waals surface area contributed by atoms with Gasteiger partial charge in [-0.25, -0.2) is 4.98 Å². The maximum Gasteiger partial charge on any atom is 0.417 e. The topological polar surface area (TPSA) is 69.2 Å². The number of piperazine rings is 1. The van der Waals surface area contributed by atoms with Crippen LogP contribution in [0.3, 0.4) is 0 Å². The highest BCUT2D eigenvalue weighted by Crippen LogP contribution is 2.29. The first-order valence-corrected chi connectivity index (χ1v) is 12.6. The summed E-state index contributed by atoms with van der Waals surface area (Å²) in [5.41, 5.74) is 0.136.